The predicted molar refractivity (Wildman–Crippen MR) is 117 cm³/mol. The molecule has 0 spiro atoms. The molecule has 0 atom stereocenters. The van der Waals surface area contributed by atoms with Crippen LogP contribution >= 0.6 is 0 Å². The Morgan fingerprint density at radius 1 is 0.966 bits per heavy atom. The van der Waals surface area contributed by atoms with Crippen molar-refractivity contribution in [2.24, 2.45) is 4.99 Å². The van der Waals surface area contributed by atoms with Gasteiger partial charge in [0.05, 0.1) is 12.3 Å². The van der Waals surface area contributed by atoms with E-state index in [0.29, 0.717) is 23.5 Å². The minimum absolute atomic E-state index is 0.0638. The van der Waals surface area contributed by atoms with Crippen molar-refractivity contribution in [2.45, 2.75) is 6.92 Å². The lowest BCUT2D eigenvalue weighted by atomic mass is 10.1. The Hall–Kier alpha value is -3.86. The van der Waals surface area contributed by atoms with Crippen LogP contribution in [0, 0.1) is 0 Å². The van der Waals surface area contributed by atoms with Crippen LogP contribution in [0.4, 0.5) is 11.4 Å². The van der Waals surface area contributed by atoms with Gasteiger partial charge in [-0.2, -0.15) is 0 Å². The Morgan fingerprint density at radius 3 is 2.21 bits per heavy atom. The highest BCUT2D eigenvalue weighted by Gasteiger charge is 2.15. The quantitative estimate of drug-likeness (QED) is 0.325. The number of aliphatic hydroxyl groups is 1. The van der Waals surface area contributed by atoms with Gasteiger partial charge in [-0.3, -0.25) is 9.79 Å². The normalized spacial score (nSPS) is 11.8. The van der Waals surface area contributed by atoms with Gasteiger partial charge >= 0.3 is 0 Å². The van der Waals surface area contributed by atoms with Crippen LogP contribution in [-0.2, 0) is 4.79 Å². The maximum absolute atomic E-state index is 12.8. The van der Waals surface area contributed by atoms with Gasteiger partial charge in [0.15, 0.2) is 0 Å². The molecule has 0 aromatic heterocycles. The van der Waals surface area contributed by atoms with Crippen molar-refractivity contribution in [3.63, 3.8) is 0 Å². The number of nitrogens with zero attached hydrogens (tertiary/aromatic N) is 1. The number of hydrogen-bond donors (Lipinski definition) is 2. The summed E-state index contributed by atoms with van der Waals surface area (Å²) in [5.41, 5.74) is 1.86. The predicted octanol–water partition coefficient (Wildman–Crippen LogP) is 5.40. The molecule has 0 aliphatic rings. The summed E-state index contributed by atoms with van der Waals surface area (Å²) >= 11 is 0. The van der Waals surface area contributed by atoms with Gasteiger partial charge in [0, 0.05) is 17.5 Å². The van der Waals surface area contributed by atoms with E-state index in [0.717, 1.165) is 5.75 Å². The van der Waals surface area contributed by atoms with E-state index in [1.807, 2.05) is 31.2 Å². The van der Waals surface area contributed by atoms with Gasteiger partial charge in [-0.05, 0) is 43.3 Å². The molecule has 5 nitrogen and oxygen atoms in total. The zero-order valence-corrected chi connectivity index (χ0v) is 16.1. The standard InChI is InChI=1S/C24H22N2O3/c1-2-29-21-15-13-19(14-16-21)25-17-22(23(27)18-9-5-3-6-10-18)24(28)26-20-11-7-4-8-12-20/h3-17,27H,2H2,1H3,(H,26,28)/b23-22+,25-17?. The first-order valence-corrected chi connectivity index (χ1v) is 9.29. The minimum Gasteiger partial charge on any atom is -0.506 e. The molecule has 29 heavy (non-hydrogen) atoms. The highest BCUT2D eigenvalue weighted by molar-refractivity contribution is 6.22. The lowest BCUT2D eigenvalue weighted by molar-refractivity contribution is -0.112. The maximum atomic E-state index is 12.8. The molecule has 0 unspecified atom stereocenters. The largest absolute Gasteiger partial charge is 0.506 e. The summed E-state index contributed by atoms with van der Waals surface area (Å²) in [7, 11) is 0. The van der Waals surface area contributed by atoms with Crippen molar-refractivity contribution in [3.8, 4) is 5.75 Å². The summed E-state index contributed by atoms with van der Waals surface area (Å²) in [5.74, 6) is 0.150. The molecule has 5 heteroatoms. The number of aliphatic hydroxyl groups excluding tert-OH is 1. The van der Waals surface area contributed by atoms with Crippen LogP contribution in [0.25, 0.3) is 5.76 Å². The van der Waals surface area contributed by atoms with Gasteiger partial charge in [-0.1, -0.05) is 48.5 Å². The van der Waals surface area contributed by atoms with E-state index < -0.39 is 5.91 Å². The fourth-order valence-corrected chi connectivity index (χ4v) is 2.63. The summed E-state index contributed by atoms with van der Waals surface area (Å²) in [6.45, 7) is 2.50. The summed E-state index contributed by atoms with van der Waals surface area (Å²) in [6.07, 6.45) is 1.37. The summed E-state index contributed by atoms with van der Waals surface area (Å²) in [4.78, 5) is 17.2. The van der Waals surface area contributed by atoms with E-state index in [1.165, 1.54) is 6.21 Å². The second-order valence-corrected chi connectivity index (χ2v) is 6.13. The summed E-state index contributed by atoms with van der Waals surface area (Å²) in [6, 6.07) is 25.1. The molecule has 0 heterocycles. The van der Waals surface area contributed by atoms with Crippen LogP contribution in [0.1, 0.15) is 12.5 Å². The van der Waals surface area contributed by atoms with Crippen LogP contribution in [0.5, 0.6) is 5.75 Å². The molecule has 0 bridgehead atoms. The zero-order valence-electron chi connectivity index (χ0n) is 16.1. The average molecular weight is 386 g/mol. The number of amides is 1. The third kappa shape index (κ3) is 5.56. The number of nitrogens with one attached hydrogen (secondary N) is 1. The molecule has 3 aromatic rings. The molecule has 1 amide bonds. The van der Waals surface area contributed by atoms with Crippen molar-refractivity contribution >= 4 is 29.3 Å². The van der Waals surface area contributed by atoms with Crippen LogP contribution in [0.15, 0.2) is 95.5 Å². The van der Waals surface area contributed by atoms with Crippen LogP contribution in [0.2, 0.25) is 0 Å². The Kier molecular flexibility index (Phi) is 6.79. The number of aliphatic imine (C=N–C) groups is 1. The molecule has 0 fully saturated rings. The number of para-hydroxylation sites is 1. The highest BCUT2D eigenvalue weighted by atomic mass is 16.5. The topological polar surface area (TPSA) is 70.9 Å². The first-order valence-electron chi connectivity index (χ1n) is 9.29. The van der Waals surface area contributed by atoms with Crippen LogP contribution in [0.3, 0.4) is 0 Å². The van der Waals surface area contributed by atoms with Gasteiger partial charge in [0.25, 0.3) is 5.91 Å². The van der Waals surface area contributed by atoms with Crippen molar-refractivity contribution in [1.29, 1.82) is 0 Å². The summed E-state index contributed by atoms with van der Waals surface area (Å²) in [5, 5.41) is 13.5. The second kappa shape index (κ2) is 9.90. The van der Waals surface area contributed by atoms with E-state index in [9.17, 15) is 9.90 Å². The molecule has 146 valence electrons. The molecule has 0 aliphatic carbocycles. The Balaban J connectivity index is 1.91. The fraction of sp³-hybridized carbons (Fsp3) is 0.0833. The van der Waals surface area contributed by atoms with Crippen LogP contribution in [-0.4, -0.2) is 23.8 Å². The fourth-order valence-electron chi connectivity index (χ4n) is 2.63. The van der Waals surface area contributed by atoms with Crippen molar-refractivity contribution < 1.29 is 14.6 Å². The van der Waals surface area contributed by atoms with Gasteiger partial charge in [0.2, 0.25) is 0 Å². The molecule has 0 saturated carbocycles. The monoisotopic (exact) mass is 386 g/mol. The molecule has 0 saturated heterocycles. The first kappa shape index (κ1) is 19.9. The molecule has 2 N–H and O–H groups in total. The lowest BCUT2D eigenvalue weighted by Crippen LogP contribution is -2.17. The van der Waals surface area contributed by atoms with E-state index >= 15 is 0 Å². The Labute approximate surface area is 170 Å². The third-order valence-electron chi connectivity index (χ3n) is 4.07. The van der Waals surface area contributed by atoms with E-state index in [2.05, 4.69) is 10.3 Å². The SMILES string of the molecule is CCOc1ccc(N=C/C(C(=O)Nc2ccccc2)=C(\O)c2ccccc2)cc1. The molecule has 0 aliphatic heterocycles. The zero-order chi connectivity index (χ0) is 20.5. The van der Waals surface area contributed by atoms with Crippen LogP contribution < -0.4 is 10.1 Å². The highest BCUT2D eigenvalue weighted by Crippen LogP contribution is 2.20. The average Bonchev–Trinajstić information content (AvgIpc) is 2.76. The van der Waals surface area contributed by atoms with Gasteiger partial charge in [-0.25, -0.2) is 0 Å². The number of carbonyl (C=O) groups excluding carboxylic acids is 1. The Morgan fingerprint density at radius 2 is 1.59 bits per heavy atom. The molecule has 3 rings (SSSR count). The number of ether oxygens (including phenoxy) is 1. The number of carbonyl (C=O) groups is 1. The number of benzene rings is 3. The minimum atomic E-state index is -0.452. The second-order valence-electron chi connectivity index (χ2n) is 6.13. The molecular weight excluding hydrogens is 364 g/mol. The Bertz CT molecular complexity index is 995. The van der Waals surface area contributed by atoms with Gasteiger partial charge in [-0.15, -0.1) is 0 Å². The van der Waals surface area contributed by atoms with E-state index in [4.69, 9.17) is 4.74 Å². The van der Waals surface area contributed by atoms with Gasteiger partial charge in [0.1, 0.15) is 17.1 Å². The summed E-state index contributed by atoms with van der Waals surface area (Å²) < 4.78 is 5.42. The smallest absolute Gasteiger partial charge is 0.261 e. The van der Waals surface area contributed by atoms with Crippen molar-refractivity contribution in [1.82, 2.24) is 0 Å². The van der Waals surface area contributed by atoms with Gasteiger partial charge < -0.3 is 15.2 Å². The first-order chi connectivity index (χ1) is 14.2. The molecular formula is C24H22N2O3. The third-order valence-corrected chi connectivity index (χ3v) is 4.07. The van der Waals surface area contributed by atoms with Crippen molar-refractivity contribution in [3.05, 3.63) is 96.1 Å². The number of rotatable bonds is 7. The number of hydrogen-bond acceptors (Lipinski definition) is 4. The maximum Gasteiger partial charge on any atom is 0.261 e. The molecule has 3 aromatic carbocycles. The van der Waals surface area contributed by atoms with Crippen molar-refractivity contribution in [2.75, 3.05) is 11.9 Å². The van der Waals surface area contributed by atoms with E-state index in [-0.39, 0.29) is 11.3 Å². The number of anilines is 1. The molecule has 0 radical (unpaired) electrons. The van der Waals surface area contributed by atoms with E-state index in [1.54, 1.807) is 60.7 Å². The lowest BCUT2D eigenvalue weighted by Gasteiger charge is -2.09.